The van der Waals surface area contributed by atoms with Crippen molar-refractivity contribution in [2.45, 2.75) is 32.8 Å². The van der Waals surface area contributed by atoms with E-state index in [1.807, 2.05) is 49.4 Å². The van der Waals surface area contributed by atoms with Gasteiger partial charge in [-0.25, -0.2) is 0 Å². The number of carbonyl (C=O) groups excluding carboxylic acids is 2. The lowest BCUT2D eigenvalue weighted by Gasteiger charge is -2.10. The highest BCUT2D eigenvalue weighted by atomic mass is 16.5. The molecule has 0 atom stereocenters. The lowest BCUT2D eigenvalue weighted by molar-refractivity contribution is -0.116. The Bertz CT molecular complexity index is 969. The highest BCUT2D eigenvalue weighted by Gasteiger charge is 2.08. The van der Waals surface area contributed by atoms with Gasteiger partial charge in [0.1, 0.15) is 12.4 Å². The molecule has 0 saturated carbocycles. The van der Waals surface area contributed by atoms with E-state index in [0.29, 0.717) is 30.0 Å². The van der Waals surface area contributed by atoms with Crippen LogP contribution >= 0.6 is 0 Å². The van der Waals surface area contributed by atoms with Crippen molar-refractivity contribution in [3.63, 3.8) is 0 Å². The van der Waals surface area contributed by atoms with Crippen LogP contribution in [0.25, 0.3) is 0 Å². The fraction of sp³-hybridized carbons (Fsp3) is 0.200. The first-order valence-corrected chi connectivity index (χ1v) is 10.1. The molecule has 154 valence electrons. The Morgan fingerprint density at radius 1 is 0.833 bits per heavy atom. The molecule has 0 heterocycles. The van der Waals surface area contributed by atoms with Gasteiger partial charge in [0.15, 0.2) is 0 Å². The minimum absolute atomic E-state index is 0.0198. The maximum Gasteiger partial charge on any atom is 0.255 e. The van der Waals surface area contributed by atoms with Crippen molar-refractivity contribution in [1.82, 2.24) is 0 Å². The topological polar surface area (TPSA) is 67.4 Å². The van der Waals surface area contributed by atoms with Crippen LogP contribution in [0.15, 0.2) is 78.9 Å². The second-order valence-corrected chi connectivity index (χ2v) is 6.99. The van der Waals surface area contributed by atoms with Crippen molar-refractivity contribution in [2.75, 3.05) is 10.6 Å². The smallest absolute Gasteiger partial charge is 0.255 e. The maximum atomic E-state index is 12.5. The average Bonchev–Trinajstić information content (AvgIpc) is 2.77. The summed E-state index contributed by atoms with van der Waals surface area (Å²) >= 11 is 0. The van der Waals surface area contributed by atoms with Crippen LogP contribution in [0.4, 0.5) is 11.4 Å². The number of nitrogens with one attached hydrogen (secondary N) is 2. The molecular weight excluding hydrogens is 376 g/mol. The number of hydrogen-bond donors (Lipinski definition) is 2. The summed E-state index contributed by atoms with van der Waals surface area (Å²) in [6.07, 6.45) is 2.32. The SMILES string of the molecule is CCCCC(=O)Nc1cccc(NC(=O)c2ccc(COc3ccccc3)cc2)c1. The van der Waals surface area contributed by atoms with Crippen LogP contribution in [0.1, 0.15) is 42.1 Å². The molecule has 0 aliphatic heterocycles. The molecule has 2 amide bonds. The zero-order chi connectivity index (χ0) is 21.2. The van der Waals surface area contributed by atoms with Crippen molar-refractivity contribution in [2.24, 2.45) is 0 Å². The summed E-state index contributed by atoms with van der Waals surface area (Å²) in [4.78, 5) is 24.4. The molecule has 30 heavy (non-hydrogen) atoms. The molecule has 2 N–H and O–H groups in total. The summed E-state index contributed by atoms with van der Waals surface area (Å²) < 4.78 is 5.72. The van der Waals surface area contributed by atoms with Gasteiger partial charge in [0.25, 0.3) is 5.91 Å². The lowest BCUT2D eigenvalue weighted by atomic mass is 10.1. The Morgan fingerprint density at radius 2 is 1.53 bits per heavy atom. The maximum absolute atomic E-state index is 12.5. The molecule has 0 aromatic heterocycles. The van der Waals surface area contributed by atoms with Crippen LogP contribution in [0.2, 0.25) is 0 Å². The molecule has 3 rings (SSSR count). The molecule has 0 aliphatic rings. The third-order valence-corrected chi connectivity index (χ3v) is 4.53. The van der Waals surface area contributed by atoms with E-state index in [0.717, 1.165) is 24.2 Å². The van der Waals surface area contributed by atoms with Crippen molar-refractivity contribution < 1.29 is 14.3 Å². The first-order chi connectivity index (χ1) is 14.6. The van der Waals surface area contributed by atoms with Gasteiger partial charge in [0.2, 0.25) is 5.91 Å². The first kappa shape index (κ1) is 21.1. The van der Waals surface area contributed by atoms with Crippen LogP contribution in [-0.2, 0) is 11.4 Å². The van der Waals surface area contributed by atoms with Crippen LogP contribution in [0, 0.1) is 0 Å². The Morgan fingerprint density at radius 3 is 2.23 bits per heavy atom. The van der Waals surface area contributed by atoms with E-state index in [-0.39, 0.29) is 11.8 Å². The molecule has 5 nitrogen and oxygen atoms in total. The molecule has 3 aromatic carbocycles. The quantitative estimate of drug-likeness (QED) is 0.486. The zero-order valence-electron chi connectivity index (χ0n) is 17.1. The van der Waals surface area contributed by atoms with Crippen LogP contribution in [0.3, 0.4) is 0 Å². The van der Waals surface area contributed by atoms with Crippen molar-refractivity contribution in [1.29, 1.82) is 0 Å². The molecule has 0 saturated heterocycles. The Kier molecular flexibility index (Phi) is 7.61. The molecule has 0 aliphatic carbocycles. The van der Waals surface area contributed by atoms with Gasteiger partial charge in [0.05, 0.1) is 0 Å². The normalized spacial score (nSPS) is 10.3. The fourth-order valence-electron chi connectivity index (χ4n) is 2.87. The van der Waals surface area contributed by atoms with Crippen molar-refractivity contribution in [3.05, 3.63) is 90.0 Å². The fourth-order valence-corrected chi connectivity index (χ4v) is 2.87. The predicted molar refractivity (Wildman–Crippen MR) is 120 cm³/mol. The first-order valence-electron chi connectivity index (χ1n) is 10.1. The molecule has 0 radical (unpaired) electrons. The van der Waals surface area contributed by atoms with E-state index < -0.39 is 0 Å². The van der Waals surface area contributed by atoms with E-state index in [4.69, 9.17) is 4.74 Å². The second-order valence-electron chi connectivity index (χ2n) is 6.99. The standard InChI is InChI=1S/C25H26N2O3/c1-2-3-12-24(28)26-21-8-7-9-22(17-21)27-25(29)20-15-13-19(14-16-20)18-30-23-10-5-4-6-11-23/h4-11,13-17H,2-3,12,18H2,1H3,(H,26,28)(H,27,29). The van der Waals surface area contributed by atoms with Gasteiger partial charge in [-0.3, -0.25) is 9.59 Å². The zero-order valence-corrected chi connectivity index (χ0v) is 17.1. The van der Waals surface area contributed by atoms with Gasteiger partial charge in [-0.05, 0) is 54.4 Å². The highest BCUT2D eigenvalue weighted by molar-refractivity contribution is 6.04. The lowest BCUT2D eigenvalue weighted by Crippen LogP contribution is -2.13. The third kappa shape index (κ3) is 6.48. The molecule has 0 spiro atoms. The largest absolute Gasteiger partial charge is 0.489 e. The predicted octanol–water partition coefficient (Wildman–Crippen LogP) is 5.65. The van der Waals surface area contributed by atoms with E-state index in [1.165, 1.54) is 0 Å². The number of ether oxygens (including phenoxy) is 1. The monoisotopic (exact) mass is 402 g/mol. The van der Waals surface area contributed by atoms with Gasteiger partial charge < -0.3 is 15.4 Å². The number of anilines is 2. The summed E-state index contributed by atoms with van der Waals surface area (Å²) in [5.74, 6) is 0.578. The number of carbonyl (C=O) groups is 2. The minimum Gasteiger partial charge on any atom is -0.489 e. The summed E-state index contributed by atoms with van der Waals surface area (Å²) in [5, 5.41) is 5.73. The van der Waals surface area contributed by atoms with Crippen molar-refractivity contribution in [3.8, 4) is 5.75 Å². The Hall–Kier alpha value is -3.60. The summed E-state index contributed by atoms with van der Waals surface area (Å²) in [6.45, 7) is 2.48. The van der Waals surface area contributed by atoms with E-state index >= 15 is 0 Å². The van der Waals surface area contributed by atoms with Crippen LogP contribution in [0.5, 0.6) is 5.75 Å². The number of para-hydroxylation sites is 1. The van der Waals surface area contributed by atoms with E-state index in [1.54, 1.807) is 36.4 Å². The van der Waals surface area contributed by atoms with Gasteiger partial charge in [-0.2, -0.15) is 0 Å². The van der Waals surface area contributed by atoms with Gasteiger partial charge in [0, 0.05) is 23.4 Å². The molecular formula is C25H26N2O3. The number of rotatable bonds is 9. The average molecular weight is 402 g/mol. The van der Waals surface area contributed by atoms with E-state index in [2.05, 4.69) is 10.6 Å². The second kappa shape index (κ2) is 10.8. The summed E-state index contributed by atoms with van der Waals surface area (Å²) in [7, 11) is 0. The van der Waals surface area contributed by atoms with E-state index in [9.17, 15) is 9.59 Å². The van der Waals surface area contributed by atoms with Gasteiger partial charge in [-0.1, -0.05) is 49.7 Å². The Balaban J connectivity index is 1.55. The summed E-state index contributed by atoms with van der Waals surface area (Å²) in [5.41, 5.74) is 2.83. The summed E-state index contributed by atoms with van der Waals surface area (Å²) in [6, 6.07) is 24.1. The van der Waals surface area contributed by atoms with Gasteiger partial charge >= 0.3 is 0 Å². The Labute approximate surface area is 177 Å². The third-order valence-electron chi connectivity index (χ3n) is 4.53. The highest BCUT2D eigenvalue weighted by Crippen LogP contribution is 2.17. The molecule has 0 unspecified atom stereocenters. The number of benzene rings is 3. The number of amides is 2. The van der Waals surface area contributed by atoms with Crippen LogP contribution in [-0.4, -0.2) is 11.8 Å². The number of unbranched alkanes of at least 4 members (excludes halogenated alkanes) is 1. The van der Waals surface area contributed by atoms with Crippen molar-refractivity contribution >= 4 is 23.2 Å². The molecule has 5 heteroatoms. The molecule has 0 fully saturated rings. The molecule has 3 aromatic rings. The molecule has 0 bridgehead atoms. The van der Waals surface area contributed by atoms with Crippen LogP contribution < -0.4 is 15.4 Å². The van der Waals surface area contributed by atoms with Gasteiger partial charge in [-0.15, -0.1) is 0 Å². The number of hydrogen-bond acceptors (Lipinski definition) is 3. The minimum atomic E-state index is -0.208.